The van der Waals surface area contributed by atoms with Crippen molar-refractivity contribution in [3.8, 4) is 0 Å². The molecule has 0 aliphatic carbocycles. The van der Waals surface area contributed by atoms with Gasteiger partial charge in [0.05, 0.1) is 17.6 Å². The van der Waals surface area contributed by atoms with Crippen LogP contribution in [0, 0.1) is 0 Å². The predicted octanol–water partition coefficient (Wildman–Crippen LogP) is 2.70. The zero-order chi connectivity index (χ0) is 11.2. The van der Waals surface area contributed by atoms with Crippen molar-refractivity contribution >= 4 is 5.84 Å². The second kappa shape index (κ2) is 5.64. The molecule has 0 fully saturated rings. The third-order valence-corrected chi connectivity index (χ3v) is 2.89. The van der Waals surface area contributed by atoms with E-state index in [1.54, 1.807) is 0 Å². The van der Waals surface area contributed by atoms with E-state index in [4.69, 9.17) is 0 Å². The highest BCUT2D eigenvalue weighted by molar-refractivity contribution is 5.82. The fourth-order valence-corrected chi connectivity index (χ4v) is 1.95. The van der Waals surface area contributed by atoms with Crippen LogP contribution in [0.15, 0.2) is 29.4 Å². The summed E-state index contributed by atoms with van der Waals surface area (Å²) in [4.78, 5) is 8.92. The third kappa shape index (κ3) is 3.05. The van der Waals surface area contributed by atoms with Crippen LogP contribution in [0.4, 0.5) is 0 Å². The molecule has 86 valence electrons. The summed E-state index contributed by atoms with van der Waals surface area (Å²) >= 11 is 0. The minimum absolute atomic E-state index is 0.248. The summed E-state index contributed by atoms with van der Waals surface area (Å²) in [5.41, 5.74) is 1.08. The van der Waals surface area contributed by atoms with Gasteiger partial charge >= 0.3 is 0 Å². The molecule has 1 N–H and O–H groups in total. The van der Waals surface area contributed by atoms with E-state index < -0.39 is 0 Å². The van der Waals surface area contributed by atoms with Crippen LogP contribution in [0.3, 0.4) is 0 Å². The maximum absolute atomic E-state index is 4.57. The molecule has 3 nitrogen and oxygen atoms in total. The summed E-state index contributed by atoms with van der Waals surface area (Å²) in [7, 11) is 0. The number of hydrogen-bond donors (Lipinski definition) is 1. The Balaban J connectivity index is 1.96. The van der Waals surface area contributed by atoms with Gasteiger partial charge in [-0.2, -0.15) is 0 Å². The fourth-order valence-electron chi connectivity index (χ4n) is 1.95. The zero-order valence-corrected chi connectivity index (χ0v) is 9.82. The second-order valence-electron chi connectivity index (χ2n) is 4.26. The standard InChI is InChI=1S/C13H19N3/c1-11(12-7-4-6-9-14-12)16-13-8-3-2-5-10-15-13/h4,6-7,9,11H,2-3,5,8,10H2,1H3,(H,15,16). The zero-order valence-electron chi connectivity index (χ0n) is 9.82. The first kappa shape index (κ1) is 11.1. The molecule has 1 aliphatic rings. The number of nitrogens with zero attached hydrogens (tertiary/aromatic N) is 2. The predicted molar refractivity (Wildman–Crippen MR) is 66.6 cm³/mol. The quantitative estimate of drug-likeness (QED) is 0.827. The van der Waals surface area contributed by atoms with Gasteiger partial charge in [-0.1, -0.05) is 12.5 Å². The minimum atomic E-state index is 0.248. The largest absolute Gasteiger partial charge is 0.366 e. The van der Waals surface area contributed by atoms with Gasteiger partial charge in [0.1, 0.15) is 0 Å². The minimum Gasteiger partial charge on any atom is -0.366 e. The van der Waals surface area contributed by atoms with E-state index in [1.165, 1.54) is 19.3 Å². The molecule has 1 atom stereocenters. The van der Waals surface area contributed by atoms with Gasteiger partial charge in [-0.05, 0) is 31.9 Å². The van der Waals surface area contributed by atoms with Gasteiger partial charge in [-0.25, -0.2) is 0 Å². The number of hydrogen-bond acceptors (Lipinski definition) is 3. The summed E-state index contributed by atoms with van der Waals surface area (Å²) in [6.45, 7) is 3.10. The van der Waals surface area contributed by atoms with Gasteiger partial charge in [0.25, 0.3) is 0 Å². The lowest BCUT2D eigenvalue weighted by Gasteiger charge is -2.15. The number of aromatic nitrogens is 1. The first-order valence-corrected chi connectivity index (χ1v) is 6.07. The Morgan fingerprint density at radius 1 is 1.25 bits per heavy atom. The Hall–Kier alpha value is -1.38. The molecular weight excluding hydrogens is 198 g/mol. The Kier molecular flexibility index (Phi) is 3.91. The lowest BCUT2D eigenvalue weighted by atomic mass is 10.2. The van der Waals surface area contributed by atoms with E-state index in [9.17, 15) is 0 Å². The Morgan fingerprint density at radius 3 is 3.00 bits per heavy atom. The van der Waals surface area contributed by atoms with Crippen molar-refractivity contribution in [2.75, 3.05) is 6.54 Å². The maximum atomic E-state index is 4.57. The molecule has 1 aliphatic heterocycles. The summed E-state index contributed by atoms with van der Waals surface area (Å²) in [5.74, 6) is 1.15. The van der Waals surface area contributed by atoms with Crippen molar-refractivity contribution in [1.82, 2.24) is 10.3 Å². The molecule has 3 heteroatoms. The third-order valence-electron chi connectivity index (χ3n) is 2.89. The molecular formula is C13H19N3. The summed E-state index contributed by atoms with van der Waals surface area (Å²) in [6.07, 6.45) is 6.69. The molecule has 0 aromatic carbocycles. The van der Waals surface area contributed by atoms with E-state index in [0.717, 1.165) is 24.5 Å². The molecule has 2 rings (SSSR count). The Bertz CT molecular complexity index is 345. The molecule has 0 spiro atoms. The fraction of sp³-hybridized carbons (Fsp3) is 0.538. The Morgan fingerprint density at radius 2 is 2.19 bits per heavy atom. The van der Waals surface area contributed by atoms with Crippen LogP contribution in [0.5, 0.6) is 0 Å². The summed E-state index contributed by atoms with van der Waals surface area (Å²) in [6, 6.07) is 6.27. The van der Waals surface area contributed by atoms with Crippen LogP contribution in [0.2, 0.25) is 0 Å². The first-order valence-electron chi connectivity index (χ1n) is 6.07. The van der Waals surface area contributed by atoms with Gasteiger partial charge in [0.2, 0.25) is 0 Å². The molecule has 2 heterocycles. The summed E-state index contributed by atoms with van der Waals surface area (Å²) < 4.78 is 0. The highest BCUT2D eigenvalue weighted by Crippen LogP contribution is 2.11. The molecule has 0 saturated heterocycles. The van der Waals surface area contributed by atoms with Crippen molar-refractivity contribution in [2.45, 2.75) is 38.6 Å². The summed E-state index contributed by atoms with van der Waals surface area (Å²) in [5, 5.41) is 3.46. The molecule has 1 aromatic rings. The SMILES string of the molecule is CC(NC1=NCCCCC1)c1ccccn1. The van der Waals surface area contributed by atoms with Gasteiger partial charge < -0.3 is 5.32 Å². The number of nitrogens with one attached hydrogen (secondary N) is 1. The molecule has 16 heavy (non-hydrogen) atoms. The molecule has 0 radical (unpaired) electrons. The second-order valence-corrected chi connectivity index (χ2v) is 4.26. The van der Waals surface area contributed by atoms with Gasteiger partial charge in [0, 0.05) is 19.2 Å². The van der Waals surface area contributed by atoms with Gasteiger partial charge in [-0.15, -0.1) is 0 Å². The Labute approximate surface area is 97.0 Å². The topological polar surface area (TPSA) is 37.3 Å². The lowest BCUT2D eigenvalue weighted by Crippen LogP contribution is -2.27. The molecule has 1 unspecified atom stereocenters. The van der Waals surface area contributed by atoms with Gasteiger partial charge in [0.15, 0.2) is 0 Å². The van der Waals surface area contributed by atoms with Gasteiger partial charge in [-0.3, -0.25) is 9.98 Å². The average molecular weight is 217 g/mol. The van der Waals surface area contributed by atoms with Crippen LogP contribution in [0.1, 0.15) is 44.3 Å². The smallest absolute Gasteiger partial charge is 0.0968 e. The number of aliphatic imine (C=N–C) groups is 1. The number of amidine groups is 1. The highest BCUT2D eigenvalue weighted by Gasteiger charge is 2.09. The van der Waals surface area contributed by atoms with Crippen LogP contribution in [-0.2, 0) is 0 Å². The normalized spacial score (nSPS) is 18.4. The average Bonchev–Trinajstić information content (AvgIpc) is 2.59. The van der Waals surface area contributed by atoms with E-state index in [1.807, 2.05) is 18.3 Å². The molecule has 1 aromatic heterocycles. The highest BCUT2D eigenvalue weighted by atomic mass is 15.0. The van der Waals surface area contributed by atoms with Crippen LogP contribution in [0.25, 0.3) is 0 Å². The van der Waals surface area contributed by atoms with Crippen molar-refractivity contribution in [3.05, 3.63) is 30.1 Å². The monoisotopic (exact) mass is 217 g/mol. The van der Waals surface area contributed by atoms with Crippen molar-refractivity contribution in [3.63, 3.8) is 0 Å². The molecule has 0 amide bonds. The molecule has 0 bridgehead atoms. The molecule has 0 saturated carbocycles. The van der Waals surface area contributed by atoms with E-state index in [2.05, 4.69) is 28.3 Å². The van der Waals surface area contributed by atoms with Crippen molar-refractivity contribution < 1.29 is 0 Å². The maximum Gasteiger partial charge on any atom is 0.0968 e. The van der Waals surface area contributed by atoms with E-state index in [0.29, 0.717) is 0 Å². The lowest BCUT2D eigenvalue weighted by molar-refractivity contribution is 0.674. The van der Waals surface area contributed by atoms with Crippen LogP contribution >= 0.6 is 0 Å². The number of rotatable bonds is 2. The van der Waals surface area contributed by atoms with E-state index in [-0.39, 0.29) is 6.04 Å². The number of pyridine rings is 1. The van der Waals surface area contributed by atoms with E-state index >= 15 is 0 Å². The van der Waals surface area contributed by atoms with Crippen molar-refractivity contribution in [2.24, 2.45) is 4.99 Å². The van der Waals surface area contributed by atoms with Crippen LogP contribution < -0.4 is 5.32 Å². The van der Waals surface area contributed by atoms with Crippen molar-refractivity contribution in [1.29, 1.82) is 0 Å². The van der Waals surface area contributed by atoms with Crippen LogP contribution in [-0.4, -0.2) is 17.4 Å². The first-order chi connectivity index (χ1) is 7.86.